The van der Waals surface area contributed by atoms with E-state index in [0.29, 0.717) is 6.04 Å². The van der Waals surface area contributed by atoms with E-state index in [2.05, 4.69) is 20.5 Å². The molecule has 0 spiro atoms. The van der Waals surface area contributed by atoms with E-state index in [9.17, 15) is 4.79 Å². The van der Waals surface area contributed by atoms with Crippen LogP contribution in [-0.4, -0.2) is 27.1 Å². The number of aromatic nitrogens is 3. The van der Waals surface area contributed by atoms with Gasteiger partial charge in [-0.3, -0.25) is 9.89 Å². The zero-order valence-corrected chi connectivity index (χ0v) is 10.5. The van der Waals surface area contributed by atoms with Gasteiger partial charge in [0.1, 0.15) is 5.82 Å². The molecule has 0 aromatic carbocycles. The average molecular weight is 236 g/mol. The summed E-state index contributed by atoms with van der Waals surface area (Å²) in [7, 11) is 0. The summed E-state index contributed by atoms with van der Waals surface area (Å²) >= 11 is 0. The second-order valence-electron chi connectivity index (χ2n) is 5.01. The number of nitrogens with zero attached hydrogens (tertiary/aromatic N) is 2. The molecule has 2 rings (SSSR count). The van der Waals surface area contributed by atoms with Gasteiger partial charge in [0.05, 0.1) is 0 Å². The SMILES string of the molecule is CC(C)c1nc(C(=O)NC2CCCCC2)n[nH]1. The molecule has 1 amide bonds. The molecular weight excluding hydrogens is 216 g/mol. The van der Waals surface area contributed by atoms with Crippen LogP contribution in [-0.2, 0) is 0 Å². The molecule has 0 bridgehead atoms. The number of hydrogen-bond acceptors (Lipinski definition) is 3. The quantitative estimate of drug-likeness (QED) is 0.843. The molecule has 1 aromatic heterocycles. The summed E-state index contributed by atoms with van der Waals surface area (Å²) in [5.41, 5.74) is 0. The van der Waals surface area contributed by atoms with Gasteiger partial charge in [0, 0.05) is 12.0 Å². The smallest absolute Gasteiger partial charge is 0.291 e. The van der Waals surface area contributed by atoms with Crippen LogP contribution in [0.2, 0.25) is 0 Å². The first-order chi connectivity index (χ1) is 8.16. The molecule has 0 aliphatic heterocycles. The molecule has 1 aromatic rings. The minimum Gasteiger partial charge on any atom is -0.347 e. The molecule has 0 saturated heterocycles. The predicted octanol–water partition coefficient (Wildman–Crippen LogP) is 1.99. The van der Waals surface area contributed by atoms with Crippen molar-refractivity contribution in [2.45, 2.75) is 57.9 Å². The van der Waals surface area contributed by atoms with Gasteiger partial charge in [0.15, 0.2) is 0 Å². The van der Waals surface area contributed by atoms with Gasteiger partial charge in [-0.2, -0.15) is 0 Å². The summed E-state index contributed by atoms with van der Waals surface area (Å²) in [5, 5.41) is 9.76. The van der Waals surface area contributed by atoms with Gasteiger partial charge < -0.3 is 5.32 Å². The molecule has 2 N–H and O–H groups in total. The lowest BCUT2D eigenvalue weighted by Gasteiger charge is -2.21. The van der Waals surface area contributed by atoms with Gasteiger partial charge in [-0.15, -0.1) is 5.10 Å². The normalized spacial score (nSPS) is 17.4. The van der Waals surface area contributed by atoms with Crippen molar-refractivity contribution in [1.29, 1.82) is 0 Å². The highest BCUT2D eigenvalue weighted by molar-refractivity contribution is 5.90. The second kappa shape index (κ2) is 5.29. The Labute approximate surface area is 101 Å². The minimum atomic E-state index is -0.153. The third-order valence-corrected chi connectivity index (χ3v) is 3.19. The summed E-state index contributed by atoms with van der Waals surface area (Å²) in [5.74, 6) is 1.14. The molecule has 17 heavy (non-hydrogen) atoms. The van der Waals surface area contributed by atoms with E-state index in [1.807, 2.05) is 13.8 Å². The average Bonchev–Trinajstić information content (AvgIpc) is 2.79. The molecule has 1 aliphatic rings. The first-order valence-electron chi connectivity index (χ1n) is 6.40. The highest BCUT2D eigenvalue weighted by Crippen LogP contribution is 2.17. The highest BCUT2D eigenvalue weighted by Gasteiger charge is 2.19. The number of carbonyl (C=O) groups is 1. The largest absolute Gasteiger partial charge is 0.347 e. The fourth-order valence-corrected chi connectivity index (χ4v) is 2.13. The summed E-state index contributed by atoms with van der Waals surface area (Å²) in [4.78, 5) is 16.1. The lowest BCUT2D eigenvalue weighted by molar-refractivity contribution is 0.0917. The van der Waals surface area contributed by atoms with Crippen LogP contribution < -0.4 is 5.32 Å². The van der Waals surface area contributed by atoms with E-state index < -0.39 is 0 Å². The van der Waals surface area contributed by atoms with Crippen LogP contribution in [0.4, 0.5) is 0 Å². The Hall–Kier alpha value is -1.39. The molecule has 5 heteroatoms. The summed E-state index contributed by atoms with van der Waals surface area (Å²) in [6.07, 6.45) is 5.84. The van der Waals surface area contributed by atoms with Crippen molar-refractivity contribution in [3.8, 4) is 0 Å². The Balaban J connectivity index is 1.94. The molecule has 0 atom stereocenters. The van der Waals surface area contributed by atoms with Gasteiger partial charge in [-0.1, -0.05) is 33.1 Å². The number of H-pyrrole nitrogens is 1. The zero-order valence-electron chi connectivity index (χ0n) is 10.5. The predicted molar refractivity (Wildman–Crippen MR) is 64.8 cm³/mol. The molecular formula is C12H20N4O. The molecule has 5 nitrogen and oxygen atoms in total. The molecule has 1 aliphatic carbocycles. The van der Waals surface area contributed by atoms with Gasteiger partial charge in [0.2, 0.25) is 5.82 Å². The van der Waals surface area contributed by atoms with E-state index in [1.54, 1.807) is 0 Å². The third-order valence-electron chi connectivity index (χ3n) is 3.19. The number of rotatable bonds is 3. The van der Waals surface area contributed by atoms with Crippen LogP contribution in [0.1, 0.15) is 68.3 Å². The lowest BCUT2D eigenvalue weighted by Crippen LogP contribution is -2.36. The Kier molecular flexibility index (Phi) is 3.76. The van der Waals surface area contributed by atoms with Gasteiger partial charge in [0.25, 0.3) is 5.91 Å². The van der Waals surface area contributed by atoms with Crippen molar-refractivity contribution >= 4 is 5.91 Å². The lowest BCUT2D eigenvalue weighted by atomic mass is 9.95. The number of aromatic amines is 1. The van der Waals surface area contributed by atoms with Crippen molar-refractivity contribution in [2.24, 2.45) is 0 Å². The maximum absolute atomic E-state index is 11.9. The van der Waals surface area contributed by atoms with Crippen LogP contribution >= 0.6 is 0 Å². The minimum absolute atomic E-state index is 0.153. The standard InChI is InChI=1S/C12H20N4O/c1-8(2)10-14-11(16-15-10)12(17)13-9-6-4-3-5-7-9/h8-9H,3-7H2,1-2H3,(H,13,17)(H,14,15,16). The molecule has 1 fully saturated rings. The van der Waals surface area contributed by atoms with Crippen LogP contribution in [0.25, 0.3) is 0 Å². The number of nitrogens with one attached hydrogen (secondary N) is 2. The summed E-state index contributed by atoms with van der Waals surface area (Å²) in [6, 6.07) is 0.303. The van der Waals surface area contributed by atoms with E-state index in [-0.39, 0.29) is 17.6 Å². The zero-order chi connectivity index (χ0) is 12.3. The number of carbonyl (C=O) groups excluding carboxylic acids is 1. The summed E-state index contributed by atoms with van der Waals surface area (Å²) in [6.45, 7) is 4.03. The van der Waals surface area contributed by atoms with Crippen LogP contribution in [0.15, 0.2) is 0 Å². The van der Waals surface area contributed by atoms with Crippen molar-refractivity contribution in [3.63, 3.8) is 0 Å². The van der Waals surface area contributed by atoms with Crippen molar-refractivity contribution in [3.05, 3.63) is 11.6 Å². The Morgan fingerprint density at radius 1 is 1.35 bits per heavy atom. The third kappa shape index (κ3) is 3.05. The molecule has 1 heterocycles. The van der Waals surface area contributed by atoms with Crippen LogP contribution in [0.3, 0.4) is 0 Å². The Bertz CT molecular complexity index is 380. The molecule has 0 radical (unpaired) electrons. The van der Waals surface area contributed by atoms with Crippen LogP contribution in [0, 0.1) is 0 Å². The fourth-order valence-electron chi connectivity index (χ4n) is 2.13. The van der Waals surface area contributed by atoms with E-state index in [0.717, 1.165) is 18.7 Å². The second-order valence-corrected chi connectivity index (χ2v) is 5.01. The fraction of sp³-hybridized carbons (Fsp3) is 0.750. The maximum atomic E-state index is 11.9. The van der Waals surface area contributed by atoms with E-state index in [4.69, 9.17) is 0 Å². The summed E-state index contributed by atoms with van der Waals surface area (Å²) < 4.78 is 0. The van der Waals surface area contributed by atoms with E-state index >= 15 is 0 Å². The van der Waals surface area contributed by atoms with Gasteiger partial charge >= 0.3 is 0 Å². The highest BCUT2D eigenvalue weighted by atomic mass is 16.2. The maximum Gasteiger partial charge on any atom is 0.291 e. The number of amides is 1. The van der Waals surface area contributed by atoms with Crippen molar-refractivity contribution in [2.75, 3.05) is 0 Å². The van der Waals surface area contributed by atoms with Crippen molar-refractivity contribution in [1.82, 2.24) is 20.5 Å². The topological polar surface area (TPSA) is 70.7 Å². The molecule has 94 valence electrons. The Morgan fingerprint density at radius 3 is 2.65 bits per heavy atom. The van der Waals surface area contributed by atoms with Crippen LogP contribution in [0.5, 0.6) is 0 Å². The van der Waals surface area contributed by atoms with Gasteiger partial charge in [-0.25, -0.2) is 4.98 Å². The number of hydrogen-bond donors (Lipinski definition) is 2. The first-order valence-corrected chi connectivity index (χ1v) is 6.40. The Morgan fingerprint density at radius 2 is 2.06 bits per heavy atom. The first kappa shape index (κ1) is 12.1. The molecule has 0 unspecified atom stereocenters. The molecule has 1 saturated carbocycles. The van der Waals surface area contributed by atoms with E-state index in [1.165, 1.54) is 19.3 Å². The van der Waals surface area contributed by atoms with Gasteiger partial charge in [-0.05, 0) is 12.8 Å². The van der Waals surface area contributed by atoms with Crippen molar-refractivity contribution < 1.29 is 4.79 Å². The monoisotopic (exact) mass is 236 g/mol.